The molecule has 0 bridgehead atoms. The number of carbonyl (C=O) groups is 2. The highest BCUT2D eigenvalue weighted by molar-refractivity contribution is 6.30. The van der Waals surface area contributed by atoms with Crippen LogP contribution in [0.2, 0.25) is 5.02 Å². The molecule has 0 radical (unpaired) electrons. The Bertz CT molecular complexity index is 909. The molecule has 1 fully saturated rings. The molecule has 0 spiro atoms. The Morgan fingerprint density at radius 3 is 2.07 bits per heavy atom. The summed E-state index contributed by atoms with van der Waals surface area (Å²) in [6.07, 6.45) is -4.54. The number of benzene rings is 2. The van der Waals surface area contributed by atoms with Crippen LogP contribution < -0.4 is 0 Å². The van der Waals surface area contributed by atoms with Gasteiger partial charge in [-0.1, -0.05) is 17.7 Å². The van der Waals surface area contributed by atoms with Crippen molar-refractivity contribution in [3.63, 3.8) is 0 Å². The first kappa shape index (κ1) is 20.1. The van der Waals surface area contributed by atoms with Crippen LogP contribution in [0.1, 0.15) is 26.3 Å². The van der Waals surface area contributed by atoms with Crippen LogP contribution in [0.25, 0.3) is 0 Å². The third-order valence-corrected chi connectivity index (χ3v) is 4.69. The minimum atomic E-state index is -4.54. The Balaban J connectivity index is 1.67. The number of amides is 2. The van der Waals surface area contributed by atoms with E-state index in [2.05, 4.69) is 0 Å². The highest BCUT2D eigenvalue weighted by Crippen LogP contribution is 2.30. The zero-order valence-electron chi connectivity index (χ0n) is 14.5. The Morgan fingerprint density at radius 1 is 0.893 bits per heavy atom. The number of nitrogens with zero attached hydrogens (tertiary/aromatic N) is 2. The van der Waals surface area contributed by atoms with Gasteiger partial charge in [-0.2, -0.15) is 13.2 Å². The predicted octanol–water partition coefficient (Wildman–Crippen LogP) is 4.10. The normalized spacial score (nSPS) is 14.9. The van der Waals surface area contributed by atoms with E-state index < -0.39 is 29.4 Å². The monoisotopic (exact) mass is 414 g/mol. The molecule has 3 rings (SSSR count). The zero-order valence-corrected chi connectivity index (χ0v) is 15.2. The maximum Gasteiger partial charge on any atom is 0.416 e. The fourth-order valence-electron chi connectivity index (χ4n) is 2.96. The minimum absolute atomic E-state index is 0.0710. The van der Waals surface area contributed by atoms with Crippen molar-refractivity contribution in [2.75, 3.05) is 26.2 Å². The first-order valence-corrected chi connectivity index (χ1v) is 8.75. The van der Waals surface area contributed by atoms with Gasteiger partial charge in [0.15, 0.2) is 0 Å². The second kappa shape index (κ2) is 7.79. The summed E-state index contributed by atoms with van der Waals surface area (Å²) >= 11 is 5.68. The van der Waals surface area contributed by atoms with Crippen molar-refractivity contribution in [1.82, 2.24) is 9.80 Å². The molecule has 0 unspecified atom stereocenters. The van der Waals surface area contributed by atoms with Crippen LogP contribution in [0.15, 0.2) is 42.5 Å². The molecule has 28 heavy (non-hydrogen) atoms. The van der Waals surface area contributed by atoms with E-state index >= 15 is 0 Å². The van der Waals surface area contributed by atoms with Crippen molar-refractivity contribution in [2.45, 2.75) is 6.18 Å². The molecule has 1 aliphatic heterocycles. The topological polar surface area (TPSA) is 40.6 Å². The first-order valence-electron chi connectivity index (χ1n) is 8.37. The van der Waals surface area contributed by atoms with Crippen molar-refractivity contribution in [2.24, 2.45) is 0 Å². The van der Waals surface area contributed by atoms with E-state index in [0.29, 0.717) is 0 Å². The number of carbonyl (C=O) groups excluding carboxylic acids is 2. The summed E-state index contributed by atoms with van der Waals surface area (Å²) in [4.78, 5) is 27.7. The van der Waals surface area contributed by atoms with Crippen LogP contribution in [0.3, 0.4) is 0 Å². The minimum Gasteiger partial charge on any atom is -0.335 e. The molecule has 0 aromatic heterocycles. The molecular formula is C19H15ClF4N2O2. The van der Waals surface area contributed by atoms with Gasteiger partial charge in [-0.25, -0.2) is 4.39 Å². The van der Waals surface area contributed by atoms with E-state index in [9.17, 15) is 27.2 Å². The van der Waals surface area contributed by atoms with E-state index in [0.717, 1.165) is 18.2 Å². The standard InChI is InChI=1S/C19H15ClF4N2O2/c20-14-4-5-15(16(21)11-14)18(28)26-8-6-25(7-9-26)17(27)12-2-1-3-13(10-12)19(22,23)24/h1-5,10-11H,6-9H2. The molecular weight excluding hydrogens is 400 g/mol. The van der Waals surface area contributed by atoms with E-state index in [1.807, 2.05) is 0 Å². The molecule has 2 amide bonds. The fourth-order valence-corrected chi connectivity index (χ4v) is 3.12. The molecule has 4 nitrogen and oxygen atoms in total. The van der Waals surface area contributed by atoms with Gasteiger partial charge in [0, 0.05) is 36.8 Å². The molecule has 1 heterocycles. The smallest absolute Gasteiger partial charge is 0.335 e. The number of rotatable bonds is 2. The van der Waals surface area contributed by atoms with Gasteiger partial charge >= 0.3 is 6.18 Å². The molecule has 1 saturated heterocycles. The summed E-state index contributed by atoms with van der Waals surface area (Å²) in [5, 5.41) is 0.172. The van der Waals surface area contributed by atoms with Gasteiger partial charge in [0.25, 0.3) is 11.8 Å². The van der Waals surface area contributed by atoms with Crippen LogP contribution in [0.4, 0.5) is 17.6 Å². The molecule has 0 N–H and O–H groups in total. The number of hydrogen-bond donors (Lipinski definition) is 0. The maximum atomic E-state index is 13.9. The average molecular weight is 415 g/mol. The molecule has 0 atom stereocenters. The number of hydrogen-bond acceptors (Lipinski definition) is 2. The first-order chi connectivity index (χ1) is 13.2. The Morgan fingerprint density at radius 2 is 1.50 bits per heavy atom. The van der Waals surface area contributed by atoms with Crippen LogP contribution in [0, 0.1) is 5.82 Å². The van der Waals surface area contributed by atoms with Crippen LogP contribution in [-0.2, 0) is 6.18 Å². The van der Waals surface area contributed by atoms with Gasteiger partial charge in [0.05, 0.1) is 11.1 Å². The zero-order chi connectivity index (χ0) is 20.5. The molecule has 9 heteroatoms. The lowest BCUT2D eigenvalue weighted by atomic mass is 10.1. The van der Waals surface area contributed by atoms with E-state index in [-0.39, 0.29) is 42.3 Å². The molecule has 2 aromatic rings. The molecule has 0 aliphatic carbocycles. The lowest BCUT2D eigenvalue weighted by molar-refractivity contribution is -0.137. The van der Waals surface area contributed by atoms with Crippen LogP contribution in [-0.4, -0.2) is 47.8 Å². The maximum absolute atomic E-state index is 13.9. The van der Waals surface area contributed by atoms with Gasteiger partial charge in [-0.05, 0) is 36.4 Å². The van der Waals surface area contributed by atoms with Gasteiger partial charge in [-0.15, -0.1) is 0 Å². The molecule has 0 saturated carbocycles. The van der Waals surface area contributed by atoms with Crippen LogP contribution in [0.5, 0.6) is 0 Å². The van der Waals surface area contributed by atoms with Gasteiger partial charge in [-0.3, -0.25) is 9.59 Å². The third kappa shape index (κ3) is 4.27. The van der Waals surface area contributed by atoms with Crippen molar-refractivity contribution in [3.05, 3.63) is 70.0 Å². The van der Waals surface area contributed by atoms with E-state index in [4.69, 9.17) is 11.6 Å². The van der Waals surface area contributed by atoms with E-state index in [1.54, 1.807) is 0 Å². The lowest BCUT2D eigenvalue weighted by Crippen LogP contribution is -2.50. The largest absolute Gasteiger partial charge is 0.416 e. The fraction of sp³-hybridized carbons (Fsp3) is 0.263. The second-order valence-corrected chi connectivity index (χ2v) is 6.72. The van der Waals surface area contributed by atoms with Gasteiger partial charge < -0.3 is 9.80 Å². The number of piperazine rings is 1. The summed E-state index contributed by atoms with van der Waals surface area (Å²) < 4.78 is 52.4. The number of halogens is 5. The summed E-state index contributed by atoms with van der Waals surface area (Å²) in [5.41, 5.74) is -1.09. The van der Waals surface area contributed by atoms with E-state index in [1.165, 1.54) is 34.1 Å². The average Bonchev–Trinajstić information content (AvgIpc) is 2.66. The summed E-state index contributed by atoms with van der Waals surface area (Å²) in [7, 11) is 0. The molecule has 148 valence electrons. The lowest BCUT2D eigenvalue weighted by Gasteiger charge is -2.35. The number of alkyl halides is 3. The molecule has 2 aromatic carbocycles. The van der Waals surface area contributed by atoms with Crippen molar-refractivity contribution in [3.8, 4) is 0 Å². The third-order valence-electron chi connectivity index (χ3n) is 4.45. The quantitative estimate of drug-likeness (QED) is 0.694. The van der Waals surface area contributed by atoms with Crippen molar-refractivity contribution in [1.29, 1.82) is 0 Å². The van der Waals surface area contributed by atoms with Crippen molar-refractivity contribution >= 4 is 23.4 Å². The Labute approximate surface area is 163 Å². The van der Waals surface area contributed by atoms with Gasteiger partial charge in [0.2, 0.25) is 0 Å². The Hall–Kier alpha value is -2.61. The second-order valence-electron chi connectivity index (χ2n) is 6.29. The Kier molecular flexibility index (Phi) is 5.60. The van der Waals surface area contributed by atoms with Crippen LogP contribution >= 0.6 is 11.6 Å². The summed E-state index contributed by atoms with van der Waals surface area (Å²) in [5.74, 6) is -1.81. The highest BCUT2D eigenvalue weighted by atomic mass is 35.5. The SMILES string of the molecule is O=C(c1cccc(C(F)(F)F)c1)N1CCN(C(=O)c2ccc(Cl)cc2F)CC1. The predicted molar refractivity (Wildman–Crippen MR) is 94.7 cm³/mol. The van der Waals surface area contributed by atoms with Crippen molar-refractivity contribution < 1.29 is 27.2 Å². The highest BCUT2D eigenvalue weighted by Gasteiger charge is 2.32. The van der Waals surface area contributed by atoms with Gasteiger partial charge in [0.1, 0.15) is 5.82 Å². The molecule has 1 aliphatic rings. The summed E-state index contributed by atoms with van der Waals surface area (Å²) in [6.45, 7) is 0.559. The summed E-state index contributed by atoms with van der Waals surface area (Å²) in [6, 6.07) is 7.95.